The summed E-state index contributed by atoms with van der Waals surface area (Å²) in [4.78, 5) is 16.3. The van der Waals surface area contributed by atoms with Crippen molar-refractivity contribution in [3.05, 3.63) is 70.9 Å². The third kappa shape index (κ3) is 3.86. The molecule has 8 heteroatoms. The molecule has 4 aromatic rings. The van der Waals surface area contributed by atoms with Crippen molar-refractivity contribution < 1.29 is 4.39 Å². The van der Waals surface area contributed by atoms with E-state index >= 15 is 0 Å². The molecule has 1 unspecified atom stereocenters. The minimum absolute atomic E-state index is 0.358. The Morgan fingerprint density at radius 1 is 1.11 bits per heavy atom. The number of nitrogens with one attached hydrogen (secondary N) is 1. The second-order valence-electron chi connectivity index (χ2n) is 9.91. The third-order valence-electron chi connectivity index (χ3n) is 7.54. The van der Waals surface area contributed by atoms with Gasteiger partial charge in [0.1, 0.15) is 5.82 Å². The maximum Gasteiger partial charge on any atom is 0.229 e. The number of aryl methyl sites for hydroxylation is 1. The first-order valence-electron chi connectivity index (χ1n) is 12.3. The van der Waals surface area contributed by atoms with Crippen LogP contribution in [0.1, 0.15) is 48.6 Å². The van der Waals surface area contributed by atoms with E-state index in [4.69, 9.17) is 10.7 Å². The lowest BCUT2D eigenvalue weighted by Gasteiger charge is -2.34. The highest BCUT2D eigenvalue weighted by Gasteiger charge is 2.33. The summed E-state index contributed by atoms with van der Waals surface area (Å²) in [5, 5.41) is 3.66. The summed E-state index contributed by atoms with van der Waals surface area (Å²) in [6.07, 6.45) is 7.75. The molecular weight excluding hydrogens is 441 g/mol. The van der Waals surface area contributed by atoms with Gasteiger partial charge < -0.3 is 16.0 Å². The first-order chi connectivity index (χ1) is 16.9. The Balaban J connectivity index is 1.38. The fraction of sp³-hybridized carbons (Fsp3) is 0.370. The summed E-state index contributed by atoms with van der Waals surface area (Å²) in [5.74, 6) is 0.655. The van der Waals surface area contributed by atoms with Crippen LogP contribution in [0.3, 0.4) is 0 Å². The highest BCUT2D eigenvalue weighted by molar-refractivity contribution is 5.79. The number of halogens is 1. The number of hydrogen-bond acceptors (Lipinski definition) is 6. The maximum absolute atomic E-state index is 14.9. The average Bonchev–Trinajstić information content (AvgIpc) is 3.19. The van der Waals surface area contributed by atoms with Gasteiger partial charge in [-0.25, -0.2) is 14.4 Å². The molecule has 0 saturated carbocycles. The van der Waals surface area contributed by atoms with E-state index in [0.717, 1.165) is 56.6 Å². The van der Waals surface area contributed by atoms with Crippen molar-refractivity contribution in [1.82, 2.24) is 24.4 Å². The number of nitrogens with zero attached hydrogens (tertiary/aromatic N) is 5. The van der Waals surface area contributed by atoms with Gasteiger partial charge in [0.15, 0.2) is 11.5 Å². The van der Waals surface area contributed by atoms with Crippen LogP contribution in [0.5, 0.6) is 0 Å². The average molecular weight is 472 g/mol. The first kappa shape index (κ1) is 22.1. The fourth-order valence-electron chi connectivity index (χ4n) is 5.41. The maximum atomic E-state index is 14.9. The van der Waals surface area contributed by atoms with E-state index in [9.17, 15) is 4.39 Å². The Bertz CT molecular complexity index is 1430. The lowest BCUT2D eigenvalue weighted by molar-refractivity contribution is 0.313. The minimum atomic E-state index is -0.451. The Hall–Kier alpha value is -3.36. The number of likely N-dealkylation sites (N-methyl/N-ethyl adjacent to an activating group) is 1. The van der Waals surface area contributed by atoms with Crippen LogP contribution in [0.2, 0.25) is 0 Å². The Morgan fingerprint density at radius 3 is 2.83 bits per heavy atom. The van der Waals surface area contributed by atoms with Crippen molar-refractivity contribution in [1.29, 1.82) is 0 Å². The van der Waals surface area contributed by atoms with Crippen LogP contribution in [-0.2, 0) is 24.9 Å². The number of nitrogens with two attached hydrogens (primary N) is 1. The molecule has 6 rings (SSSR count). The summed E-state index contributed by atoms with van der Waals surface area (Å²) in [6.45, 7) is 4.09. The number of benzene rings is 1. The molecule has 0 spiro atoms. The monoisotopic (exact) mass is 471 g/mol. The molecule has 3 aromatic heterocycles. The number of anilines is 2. The molecule has 1 aromatic carbocycles. The van der Waals surface area contributed by atoms with Gasteiger partial charge in [-0.3, -0.25) is 4.57 Å². The molecule has 1 atom stereocenters. The minimum Gasteiger partial charge on any atom is -0.324 e. The summed E-state index contributed by atoms with van der Waals surface area (Å²) >= 11 is 0. The van der Waals surface area contributed by atoms with Crippen molar-refractivity contribution in [2.75, 3.05) is 18.9 Å². The summed E-state index contributed by atoms with van der Waals surface area (Å²) in [6, 6.07) is 10.4. The molecule has 1 aliphatic heterocycles. The van der Waals surface area contributed by atoms with Crippen LogP contribution in [0.4, 0.5) is 16.0 Å². The van der Waals surface area contributed by atoms with Crippen molar-refractivity contribution in [2.45, 2.75) is 51.1 Å². The number of rotatable bonds is 4. The molecule has 4 heterocycles. The van der Waals surface area contributed by atoms with E-state index in [1.807, 2.05) is 12.1 Å². The van der Waals surface area contributed by atoms with E-state index in [0.29, 0.717) is 22.8 Å². The van der Waals surface area contributed by atoms with Crippen LogP contribution < -0.4 is 11.1 Å². The molecule has 2 aliphatic rings. The highest BCUT2D eigenvalue weighted by atomic mass is 19.1. The van der Waals surface area contributed by atoms with Crippen LogP contribution in [0.25, 0.3) is 16.9 Å². The predicted molar refractivity (Wildman–Crippen MR) is 135 cm³/mol. The van der Waals surface area contributed by atoms with Crippen LogP contribution in [0.15, 0.2) is 42.7 Å². The van der Waals surface area contributed by atoms with E-state index in [1.165, 1.54) is 29.1 Å². The SMILES string of the molecule is CCC1(N)CCCc2ccc(-n3cc(F)c4cnc(Nc5ccc6c(c5)CN(C)CC6)nc43)nc21. The molecule has 0 fully saturated rings. The van der Waals surface area contributed by atoms with Crippen LogP contribution in [0, 0.1) is 5.82 Å². The summed E-state index contributed by atoms with van der Waals surface area (Å²) < 4.78 is 16.6. The number of aromatic nitrogens is 4. The van der Waals surface area contributed by atoms with Crippen LogP contribution >= 0.6 is 0 Å². The van der Waals surface area contributed by atoms with E-state index in [2.05, 4.69) is 52.4 Å². The van der Waals surface area contributed by atoms with Gasteiger partial charge >= 0.3 is 0 Å². The summed E-state index contributed by atoms with van der Waals surface area (Å²) in [7, 11) is 2.13. The van der Waals surface area contributed by atoms with Gasteiger partial charge in [-0.1, -0.05) is 19.1 Å². The molecule has 7 nitrogen and oxygen atoms in total. The predicted octanol–water partition coefficient (Wildman–Crippen LogP) is 4.59. The smallest absolute Gasteiger partial charge is 0.229 e. The van der Waals surface area contributed by atoms with Crippen molar-refractivity contribution >= 4 is 22.7 Å². The quantitative estimate of drug-likeness (QED) is 0.453. The molecule has 0 saturated heterocycles. The van der Waals surface area contributed by atoms with Gasteiger partial charge in [-0.05, 0) is 74.0 Å². The fourth-order valence-corrected chi connectivity index (χ4v) is 5.41. The van der Waals surface area contributed by atoms with Crippen molar-refractivity contribution in [3.8, 4) is 5.82 Å². The zero-order valence-corrected chi connectivity index (χ0v) is 20.2. The Labute approximate surface area is 204 Å². The standard InChI is InChI=1S/C27H30FN7/c1-3-27(29)11-4-5-18-7-9-23(32-24(18)27)35-16-22(28)21-14-30-26(33-25(21)35)31-20-8-6-17-10-12-34(2)15-19(17)13-20/h6-9,13-14,16H,3-5,10-12,15,29H2,1-2H3,(H,30,31,33). The number of pyridine rings is 1. The molecule has 1 aliphatic carbocycles. The van der Waals surface area contributed by atoms with Gasteiger partial charge in [-0.15, -0.1) is 0 Å². The molecule has 0 bridgehead atoms. The van der Waals surface area contributed by atoms with E-state index < -0.39 is 5.54 Å². The molecule has 3 N–H and O–H groups in total. The Morgan fingerprint density at radius 2 is 1.97 bits per heavy atom. The van der Waals surface area contributed by atoms with Crippen molar-refractivity contribution in [2.24, 2.45) is 5.73 Å². The topological polar surface area (TPSA) is 84.9 Å². The van der Waals surface area contributed by atoms with Gasteiger partial charge in [0, 0.05) is 31.2 Å². The zero-order chi connectivity index (χ0) is 24.2. The second kappa shape index (κ2) is 8.39. The molecule has 0 radical (unpaired) electrons. The van der Waals surface area contributed by atoms with E-state index in [1.54, 1.807) is 4.57 Å². The lowest BCUT2D eigenvalue weighted by atomic mass is 9.79. The Kier molecular flexibility index (Phi) is 5.30. The molecule has 35 heavy (non-hydrogen) atoms. The van der Waals surface area contributed by atoms with Gasteiger partial charge in [0.2, 0.25) is 5.95 Å². The van der Waals surface area contributed by atoms with Gasteiger partial charge in [0.05, 0.1) is 16.6 Å². The molecular formula is C27H30FN7. The van der Waals surface area contributed by atoms with Gasteiger partial charge in [-0.2, -0.15) is 4.98 Å². The molecule has 180 valence electrons. The van der Waals surface area contributed by atoms with Crippen molar-refractivity contribution in [3.63, 3.8) is 0 Å². The largest absolute Gasteiger partial charge is 0.324 e. The van der Waals surface area contributed by atoms with Crippen LogP contribution in [-0.4, -0.2) is 38.0 Å². The zero-order valence-electron chi connectivity index (χ0n) is 20.2. The van der Waals surface area contributed by atoms with E-state index in [-0.39, 0.29) is 5.82 Å². The second-order valence-corrected chi connectivity index (χ2v) is 9.91. The molecule has 0 amide bonds. The number of hydrogen-bond donors (Lipinski definition) is 2. The third-order valence-corrected chi connectivity index (χ3v) is 7.54. The summed E-state index contributed by atoms with van der Waals surface area (Å²) in [5.41, 5.74) is 12.4. The highest BCUT2D eigenvalue weighted by Crippen LogP contribution is 2.35. The first-order valence-corrected chi connectivity index (χ1v) is 12.3. The normalized spacial score (nSPS) is 20.0. The van der Waals surface area contributed by atoms with Gasteiger partial charge in [0.25, 0.3) is 0 Å². The number of fused-ring (bicyclic) bond motifs is 3. The lowest BCUT2D eigenvalue weighted by Crippen LogP contribution is -2.40.